The van der Waals surface area contributed by atoms with Crippen LogP contribution in [-0.4, -0.2) is 50.2 Å². The van der Waals surface area contributed by atoms with Gasteiger partial charge >= 0.3 is 0 Å². The number of carbonyl (C=O) groups excluding carboxylic acids is 1. The zero-order valence-electron chi connectivity index (χ0n) is 15.5. The van der Waals surface area contributed by atoms with Gasteiger partial charge in [-0.15, -0.1) is 0 Å². The van der Waals surface area contributed by atoms with E-state index in [-0.39, 0.29) is 5.91 Å². The molecule has 1 atom stereocenters. The molecule has 4 heterocycles. The molecule has 3 aromatic rings. The summed E-state index contributed by atoms with van der Waals surface area (Å²) in [6.45, 7) is 5.59. The second-order valence-corrected chi connectivity index (χ2v) is 7.01. The quantitative estimate of drug-likeness (QED) is 0.724. The first-order valence-electron chi connectivity index (χ1n) is 9.39. The van der Waals surface area contributed by atoms with E-state index < -0.39 is 0 Å². The lowest BCUT2D eigenvalue weighted by molar-refractivity contribution is -0.118. The fourth-order valence-electron chi connectivity index (χ4n) is 3.75. The summed E-state index contributed by atoms with van der Waals surface area (Å²) in [6.07, 6.45) is 4.73. The first kappa shape index (κ1) is 17.6. The van der Waals surface area contributed by atoms with Gasteiger partial charge in [-0.25, -0.2) is 9.67 Å². The Balaban J connectivity index is 1.51. The third kappa shape index (κ3) is 3.98. The van der Waals surface area contributed by atoms with Crippen molar-refractivity contribution >= 4 is 16.9 Å². The Labute approximate surface area is 158 Å². The molecule has 4 rings (SSSR count). The number of pyridine rings is 2. The summed E-state index contributed by atoms with van der Waals surface area (Å²) in [7, 11) is 0. The van der Waals surface area contributed by atoms with Crippen molar-refractivity contribution in [3.8, 4) is 0 Å². The van der Waals surface area contributed by atoms with Crippen LogP contribution in [0.25, 0.3) is 11.0 Å². The molecule has 1 amide bonds. The van der Waals surface area contributed by atoms with Gasteiger partial charge in [0.15, 0.2) is 5.65 Å². The van der Waals surface area contributed by atoms with E-state index in [2.05, 4.69) is 32.3 Å². The number of nitrogens with zero attached hydrogens (tertiary/aromatic N) is 5. The number of fused-ring (bicyclic) bond motifs is 1. The minimum absolute atomic E-state index is 0.0272. The molecule has 1 aliphatic heterocycles. The minimum Gasteiger partial charge on any atom is -0.354 e. The average molecular weight is 364 g/mol. The van der Waals surface area contributed by atoms with Crippen molar-refractivity contribution in [1.82, 2.24) is 30.0 Å². The molecule has 140 valence electrons. The van der Waals surface area contributed by atoms with Gasteiger partial charge in [-0.1, -0.05) is 6.07 Å². The van der Waals surface area contributed by atoms with Crippen LogP contribution in [0.3, 0.4) is 0 Å². The molecule has 3 aromatic heterocycles. The number of hydrogen-bond acceptors (Lipinski definition) is 5. The Bertz CT molecular complexity index is 923. The lowest BCUT2D eigenvalue weighted by atomic mass is 10.0. The molecule has 0 saturated carbocycles. The lowest BCUT2D eigenvalue weighted by Gasteiger charge is -2.14. The maximum absolute atomic E-state index is 11.1. The molecular formula is C20H24N6O. The molecule has 0 bridgehead atoms. The molecule has 1 unspecified atom stereocenters. The van der Waals surface area contributed by atoms with Gasteiger partial charge in [-0.05, 0) is 37.2 Å². The highest BCUT2D eigenvalue weighted by molar-refractivity contribution is 5.79. The van der Waals surface area contributed by atoms with Gasteiger partial charge in [-0.2, -0.15) is 5.10 Å². The number of hydrogen-bond donors (Lipinski definition) is 1. The van der Waals surface area contributed by atoms with Crippen LogP contribution >= 0.6 is 0 Å². The molecule has 1 N–H and O–H groups in total. The zero-order valence-corrected chi connectivity index (χ0v) is 15.5. The van der Waals surface area contributed by atoms with E-state index in [9.17, 15) is 4.79 Å². The largest absolute Gasteiger partial charge is 0.354 e. The number of amides is 1. The highest BCUT2D eigenvalue weighted by Gasteiger charge is 2.28. The summed E-state index contributed by atoms with van der Waals surface area (Å²) < 4.78 is 1.92. The molecule has 0 spiro atoms. The zero-order chi connectivity index (χ0) is 18.6. The summed E-state index contributed by atoms with van der Waals surface area (Å²) in [5, 5.41) is 8.82. The van der Waals surface area contributed by atoms with E-state index in [1.165, 1.54) is 6.92 Å². The van der Waals surface area contributed by atoms with Crippen LogP contribution in [0.5, 0.6) is 0 Å². The second kappa shape index (κ2) is 7.84. The normalized spacial score (nSPS) is 17.4. The van der Waals surface area contributed by atoms with Crippen molar-refractivity contribution in [2.24, 2.45) is 0 Å². The van der Waals surface area contributed by atoms with Gasteiger partial charge in [0, 0.05) is 50.3 Å². The Morgan fingerprint density at radius 3 is 2.93 bits per heavy atom. The van der Waals surface area contributed by atoms with E-state index in [1.807, 2.05) is 29.1 Å². The van der Waals surface area contributed by atoms with Gasteiger partial charge in [-0.3, -0.25) is 14.7 Å². The lowest BCUT2D eigenvalue weighted by Crippen LogP contribution is -2.25. The number of aromatic nitrogens is 4. The van der Waals surface area contributed by atoms with Gasteiger partial charge in [0.2, 0.25) is 5.91 Å². The number of carbonyl (C=O) groups is 1. The van der Waals surface area contributed by atoms with Crippen LogP contribution in [0.2, 0.25) is 0 Å². The van der Waals surface area contributed by atoms with Crippen LogP contribution < -0.4 is 5.32 Å². The molecule has 7 nitrogen and oxygen atoms in total. The van der Waals surface area contributed by atoms with Crippen molar-refractivity contribution in [2.75, 3.05) is 19.6 Å². The summed E-state index contributed by atoms with van der Waals surface area (Å²) in [6, 6.07) is 10.1. The maximum atomic E-state index is 11.1. The summed E-state index contributed by atoms with van der Waals surface area (Å²) in [5.41, 5.74) is 3.11. The molecule has 1 aliphatic rings. The summed E-state index contributed by atoms with van der Waals surface area (Å²) >= 11 is 0. The Hall–Kier alpha value is -2.80. The Kier molecular flexibility index (Phi) is 5.11. The molecule has 1 saturated heterocycles. The first-order valence-corrected chi connectivity index (χ1v) is 9.39. The van der Waals surface area contributed by atoms with Crippen LogP contribution in [-0.2, 0) is 17.9 Å². The summed E-state index contributed by atoms with van der Waals surface area (Å²) in [5.74, 6) is 0.364. The van der Waals surface area contributed by atoms with Crippen molar-refractivity contribution in [3.63, 3.8) is 0 Å². The van der Waals surface area contributed by atoms with Crippen molar-refractivity contribution in [3.05, 3.63) is 54.1 Å². The third-order valence-electron chi connectivity index (χ3n) is 5.00. The molecule has 0 radical (unpaired) electrons. The first-order chi connectivity index (χ1) is 13.2. The monoisotopic (exact) mass is 364 g/mol. The van der Waals surface area contributed by atoms with E-state index in [4.69, 9.17) is 5.10 Å². The topological polar surface area (TPSA) is 75.9 Å². The maximum Gasteiger partial charge on any atom is 0.216 e. The SMILES string of the molecule is CC(=O)NCCn1nc(C2CCN(Cc3ccccn3)C2)c2cccnc21. The Morgan fingerprint density at radius 2 is 2.11 bits per heavy atom. The van der Waals surface area contributed by atoms with E-state index in [0.717, 1.165) is 48.5 Å². The number of likely N-dealkylation sites (tertiary alicyclic amines) is 1. The van der Waals surface area contributed by atoms with Crippen molar-refractivity contribution in [2.45, 2.75) is 32.4 Å². The predicted octanol–water partition coefficient (Wildman–Crippen LogP) is 1.95. The highest BCUT2D eigenvalue weighted by atomic mass is 16.1. The molecule has 7 heteroatoms. The second-order valence-electron chi connectivity index (χ2n) is 7.01. The van der Waals surface area contributed by atoms with Crippen LogP contribution in [0.4, 0.5) is 0 Å². The predicted molar refractivity (Wildman–Crippen MR) is 103 cm³/mol. The van der Waals surface area contributed by atoms with E-state index in [1.54, 1.807) is 6.20 Å². The van der Waals surface area contributed by atoms with Crippen LogP contribution in [0, 0.1) is 0 Å². The number of rotatable bonds is 6. The molecule has 27 heavy (non-hydrogen) atoms. The third-order valence-corrected chi connectivity index (χ3v) is 5.00. The van der Waals surface area contributed by atoms with Crippen LogP contribution in [0.1, 0.15) is 30.7 Å². The standard InChI is InChI=1S/C20H24N6O/c1-15(27)21-10-12-26-20-18(6-4-9-23-20)19(24-26)16-7-11-25(13-16)14-17-5-2-3-8-22-17/h2-6,8-9,16H,7,10-14H2,1H3,(H,21,27). The van der Waals surface area contributed by atoms with Gasteiger partial charge in [0.1, 0.15) is 0 Å². The smallest absolute Gasteiger partial charge is 0.216 e. The van der Waals surface area contributed by atoms with Gasteiger partial charge in [0.05, 0.1) is 17.9 Å². The van der Waals surface area contributed by atoms with Crippen LogP contribution in [0.15, 0.2) is 42.7 Å². The van der Waals surface area contributed by atoms with Gasteiger partial charge < -0.3 is 5.32 Å². The molecular weight excluding hydrogens is 340 g/mol. The number of nitrogens with one attached hydrogen (secondary N) is 1. The molecule has 0 aliphatic carbocycles. The van der Waals surface area contributed by atoms with Crippen molar-refractivity contribution in [1.29, 1.82) is 0 Å². The fraction of sp³-hybridized carbons (Fsp3) is 0.400. The van der Waals surface area contributed by atoms with Gasteiger partial charge in [0.25, 0.3) is 0 Å². The van der Waals surface area contributed by atoms with E-state index in [0.29, 0.717) is 19.0 Å². The van der Waals surface area contributed by atoms with Crippen molar-refractivity contribution < 1.29 is 4.79 Å². The minimum atomic E-state index is -0.0272. The molecule has 1 fully saturated rings. The summed E-state index contributed by atoms with van der Waals surface area (Å²) in [4.78, 5) is 22.5. The highest BCUT2D eigenvalue weighted by Crippen LogP contribution is 2.31. The Morgan fingerprint density at radius 1 is 1.22 bits per heavy atom. The van der Waals surface area contributed by atoms with E-state index >= 15 is 0 Å². The fourth-order valence-corrected chi connectivity index (χ4v) is 3.75. The molecule has 0 aromatic carbocycles. The average Bonchev–Trinajstić information content (AvgIpc) is 3.27.